The van der Waals surface area contributed by atoms with E-state index in [0.717, 1.165) is 53.4 Å². The van der Waals surface area contributed by atoms with Gasteiger partial charge in [0.05, 0.1) is 23.1 Å². The summed E-state index contributed by atoms with van der Waals surface area (Å²) in [6.07, 6.45) is 2.87. The second kappa shape index (κ2) is 7.93. The molecule has 1 aliphatic heterocycles. The first-order chi connectivity index (χ1) is 13.7. The minimum atomic E-state index is -0.386. The largest absolute Gasteiger partial charge is 0.496 e. The number of rotatable bonds is 8. The van der Waals surface area contributed by atoms with Crippen LogP contribution in [0.25, 0.3) is 0 Å². The summed E-state index contributed by atoms with van der Waals surface area (Å²) in [7, 11) is 3.56. The number of likely N-dealkylation sites (N-methyl/N-ethyl adjacent to an activating group) is 1. The van der Waals surface area contributed by atoms with E-state index in [1.807, 2.05) is 37.4 Å². The van der Waals surface area contributed by atoms with E-state index < -0.39 is 0 Å². The van der Waals surface area contributed by atoms with E-state index in [9.17, 15) is 4.79 Å². The van der Waals surface area contributed by atoms with Gasteiger partial charge in [-0.1, -0.05) is 18.6 Å². The van der Waals surface area contributed by atoms with Gasteiger partial charge in [-0.05, 0) is 55.6 Å². The molecule has 0 atom stereocenters. The van der Waals surface area contributed by atoms with Crippen molar-refractivity contribution in [1.82, 2.24) is 5.32 Å². The predicted molar refractivity (Wildman–Crippen MR) is 112 cm³/mol. The fourth-order valence-corrected chi connectivity index (χ4v) is 4.50. The minimum Gasteiger partial charge on any atom is -0.496 e. The van der Waals surface area contributed by atoms with Crippen molar-refractivity contribution in [2.24, 2.45) is 0 Å². The van der Waals surface area contributed by atoms with Crippen molar-refractivity contribution in [3.05, 3.63) is 42.0 Å². The highest BCUT2D eigenvalue weighted by atomic mass is 32.2. The maximum absolute atomic E-state index is 12.7. The van der Waals surface area contributed by atoms with Crippen LogP contribution in [-0.2, 0) is 10.2 Å². The SMILES string of the molecule is CNCCOc1cc(NSc2ccccc2OC)cc2c1NC(=O)C21CCC1. The molecule has 0 unspecified atom stereocenters. The highest BCUT2D eigenvalue weighted by Gasteiger charge is 2.52. The van der Waals surface area contributed by atoms with E-state index in [2.05, 4.69) is 21.4 Å². The summed E-state index contributed by atoms with van der Waals surface area (Å²) in [4.78, 5) is 13.7. The average molecular weight is 400 g/mol. The molecule has 1 aliphatic carbocycles. The monoisotopic (exact) mass is 399 g/mol. The zero-order valence-electron chi connectivity index (χ0n) is 16.1. The summed E-state index contributed by atoms with van der Waals surface area (Å²) in [5.41, 5.74) is 2.41. The summed E-state index contributed by atoms with van der Waals surface area (Å²) in [6.45, 7) is 1.27. The zero-order chi connectivity index (χ0) is 19.6. The van der Waals surface area contributed by atoms with Gasteiger partial charge in [0.1, 0.15) is 18.1 Å². The predicted octanol–water partition coefficient (Wildman–Crippen LogP) is 3.79. The lowest BCUT2D eigenvalue weighted by Crippen LogP contribution is -2.40. The van der Waals surface area contributed by atoms with Crippen LogP contribution >= 0.6 is 11.9 Å². The Labute approximate surface area is 169 Å². The lowest BCUT2D eigenvalue weighted by molar-refractivity contribution is -0.123. The third-order valence-corrected chi connectivity index (χ3v) is 6.35. The number of benzene rings is 2. The molecule has 0 bridgehead atoms. The molecule has 0 saturated heterocycles. The zero-order valence-corrected chi connectivity index (χ0v) is 16.9. The number of anilines is 2. The van der Waals surface area contributed by atoms with Gasteiger partial charge in [0.15, 0.2) is 0 Å². The van der Waals surface area contributed by atoms with Gasteiger partial charge in [-0.2, -0.15) is 0 Å². The van der Waals surface area contributed by atoms with Crippen LogP contribution in [0, 0.1) is 0 Å². The summed E-state index contributed by atoms with van der Waals surface area (Å²) in [6, 6.07) is 11.9. The van der Waals surface area contributed by atoms with E-state index in [4.69, 9.17) is 9.47 Å². The Hall–Kier alpha value is -2.38. The number of carbonyl (C=O) groups excluding carboxylic acids is 1. The van der Waals surface area contributed by atoms with Crippen molar-refractivity contribution < 1.29 is 14.3 Å². The maximum Gasteiger partial charge on any atom is 0.235 e. The van der Waals surface area contributed by atoms with Crippen molar-refractivity contribution in [3.8, 4) is 11.5 Å². The van der Waals surface area contributed by atoms with Gasteiger partial charge in [-0.15, -0.1) is 0 Å². The molecule has 6 nitrogen and oxygen atoms in total. The van der Waals surface area contributed by atoms with Gasteiger partial charge < -0.3 is 24.8 Å². The number of carbonyl (C=O) groups is 1. The quantitative estimate of drug-likeness (QED) is 0.463. The number of methoxy groups -OCH3 is 1. The topological polar surface area (TPSA) is 71.6 Å². The number of fused-ring (bicyclic) bond motifs is 2. The Morgan fingerprint density at radius 3 is 2.75 bits per heavy atom. The summed E-state index contributed by atoms with van der Waals surface area (Å²) < 4.78 is 14.8. The molecule has 2 aromatic carbocycles. The van der Waals surface area contributed by atoms with Crippen LogP contribution < -0.4 is 24.8 Å². The van der Waals surface area contributed by atoms with Gasteiger partial charge in [-0.25, -0.2) is 0 Å². The number of hydrogen-bond acceptors (Lipinski definition) is 6. The van der Waals surface area contributed by atoms with Crippen LogP contribution in [0.4, 0.5) is 11.4 Å². The normalized spacial score (nSPS) is 16.3. The van der Waals surface area contributed by atoms with Crippen molar-refractivity contribution in [2.45, 2.75) is 29.6 Å². The Bertz CT molecular complexity index is 883. The van der Waals surface area contributed by atoms with Gasteiger partial charge in [0.25, 0.3) is 0 Å². The second-order valence-corrected chi connectivity index (χ2v) is 7.94. The molecule has 2 aromatic rings. The van der Waals surface area contributed by atoms with E-state index in [1.54, 1.807) is 7.11 Å². The lowest BCUT2D eigenvalue weighted by atomic mass is 9.65. The van der Waals surface area contributed by atoms with Gasteiger partial charge >= 0.3 is 0 Å². The number of para-hydroxylation sites is 1. The summed E-state index contributed by atoms with van der Waals surface area (Å²) in [5, 5.41) is 6.15. The third kappa shape index (κ3) is 3.29. The van der Waals surface area contributed by atoms with Crippen LogP contribution in [0.5, 0.6) is 11.5 Å². The fourth-order valence-electron chi connectivity index (χ4n) is 3.76. The van der Waals surface area contributed by atoms with E-state index in [-0.39, 0.29) is 11.3 Å². The molecule has 1 fully saturated rings. The highest BCUT2D eigenvalue weighted by Crippen LogP contribution is 2.54. The highest BCUT2D eigenvalue weighted by molar-refractivity contribution is 8.00. The third-order valence-electron chi connectivity index (χ3n) is 5.46. The van der Waals surface area contributed by atoms with Crippen LogP contribution in [0.15, 0.2) is 41.3 Å². The first kappa shape index (κ1) is 19.0. The van der Waals surface area contributed by atoms with Crippen molar-refractivity contribution >= 4 is 29.2 Å². The molecule has 28 heavy (non-hydrogen) atoms. The molecule has 1 spiro atoms. The Balaban J connectivity index is 1.62. The number of ether oxygens (including phenoxy) is 2. The molecular weight excluding hydrogens is 374 g/mol. The van der Waals surface area contributed by atoms with Gasteiger partial charge in [-0.3, -0.25) is 4.79 Å². The Kier molecular flexibility index (Phi) is 5.37. The summed E-state index contributed by atoms with van der Waals surface area (Å²) in [5.74, 6) is 1.63. The van der Waals surface area contributed by atoms with Gasteiger partial charge in [0.2, 0.25) is 5.91 Å². The molecule has 0 aromatic heterocycles. The van der Waals surface area contributed by atoms with Crippen molar-refractivity contribution in [1.29, 1.82) is 0 Å². The van der Waals surface area contributed by atoms with Crippen molar-refractivity contribution in [3.63, 3.8) is 0 Å². The van der Waals surface area contributed by atoms with Crippen molar-refractivity contribution in [2.75, 3.05) is 37.3 Å². The Morgan fingerprint density at radius 2 is 2.04 bits per heavy atom. The number of nitrogens with one attached hydrogen (secondary N) is 3. The maximum atomic E-state index is 12.7. The van der Waals surface area contributed by atoms with Crippen LogP contribution in [0.1, 0.15) is 24.8 Å². The molecule has 4 rings (SSSR count). The minimum absolute atomic E-state index is 0.0988. The molecule has 1 amide bonds. The van der Waals surface area contributed by atoms with Crippen LogP contribution in [0.2, 0.25) is 0 Å². The van der Waals surface area contributed by atoms with E-state index in [0.29, 0.717) is 12.4 Å². The smallest absolute Gasteiger partial charge is 0.235 e. The fraction of sp³-hybridized carbons (Fsp3) is 0.381. The molecule has 3 N–H and O–H groups in total. The first-order valence-electron chi connectivity index (χ1n) is 9.51. The first-order valence-corrected chi connectivity index (χ1v) is 10.3. The lowest BCUT2D eigenvalue weighted by Gasteiger charge is -2.36. The molecule has 1 heterocycles. The number of amides is 1. The molecule has 2 aliphatic rings. The second-order valence-electron chi connectivity index (χ2n) is 7.09. The summed E-state index contributed by atoms with van der Waals surface area (Å²) >= 11 is 1.49. The standard InChI is InChI=1S/C21H25N3O3S/c1-22-10-11-27-17-13-14(24-28-18-7-4-3-6-16(18)26-2)12-15-19(17)23-20(25)21(15)8-5-9-21/h3-4,6-7,12-13,22,24H,5,8-11H2,1-2H3,(H,23,25). The van der Waals surface area contributed by atoms with E-state index in [1.165, 1.54) is 11.9 Å². The molecule has 148 valence electrons. The van der Waals surface area contributed by atoms with Crippen LogP contribution in [0.3, 0.4) is 0 Å². The molecule has 1 saturated carbocycles. The average Bonchev–Trinajstić information content (AvgIpc) is 2.99. The van der Waals surface area contributed by atoms with Crippen LogP contribution in [-0.4, -0.2) is 33.2 Å². The Morgan fingerprint density at radius 1 is 1.21 bits per heavy atom. The molecule has 7 heteroatoms. The van der Waals surface area contributed by atoms with E-state index >= 15 is 0 Å². The van der Waals surface area contributed by atoms with Gasteiger partial charge in [0, 0.05) is 18.3 Å². The molecule has 0 radical (unpaired) electrons. The number of hydrogen-bond donors (Lipinski definition) is 3. The molecular formula is C21H25N3O3S.